The quantitative estimate of drug-likeness (QED) is 0.577. The summed E-state index contributed by atoms with van der Waals surface area (Å²) in [5.41, 5.74) is -0.439. The average Bonchev–Trinajstić information content (AvgIpc) is 2.96. The van der Waals surface area contributed by atoms with E-state index in [9.17, 15) is 14.4 Å². The Morgan fingerprint density at radius 3 is 2.31 bits per heavy atom. The third-order valence-corrected chi connectivity index (χ3v) is 5.77. The smallest absolute Gasteiger partial charge is 0.325 e. The third-order valence-electron chi connectivity index (χ3n) is 5.77. The number of nitrogens with one attached hydrogen (secondary N) is 1. The van der Waals surface area contributed by atoms with Crippen LogP contribution in [0.15, 0.2) is 36.4 Å². The first-order valence-electron chi connectivity index (χ1n) is 10.4. The van der Waals surface area contributed by atoms with Gasteiger partial charge in [0.05, 0.1) is 19.8 Å². The average molecular weight is 438 g/mol. The molecule has 3 heterocycles. The monoisotopic (exact) mass is 438 g/mol. The van der Waals surface area contributed by atoms with Gasteiger partial charge >= 0.3 is 6.03 Å². The van der Waals surface area contributed by atoms with E-state index in [0.29, 0.717) is 60.6 Å². The number of imide groups is 1. The number of amides is 3. The Kier molecular flexibility index (Phi) is 4.88. The van der Waals surface area contributed by atoms with Crippen LogP contribution in [-0.4, -0.2) is 55.6 Å². The highest BCUT2D eigenvalue weighted by Crippen LogP contribution is 2.37. The first-order chi connectivity index (χ1) is 15.5. The van der Waals surface area contributed by atoms with Gasteiger partial charge in [0, 0.05) is 12.0 Å². The van der Waals surface area contributed by atoms with Gasteiger partial charge < -0.3 is 24.3 Å². The molecule has 9 nitrogen and oxygen atoms in total. The van der Waals surface area contributed by atoms with E-state index in [2.05, 4.69) is 5.32 Å². The second-order valence-electron chi connectivity index (χ2n) is 7.94. The van der Waals surface area contributed by atoms with Crippen LogP contribution in [0.2, 0.25) is 0 Å². The maximum atomic E-state index is 13.2. The summed E-state index contributed by atoms with van der Waals surface area (Å²) >= 11 is 0. The summed E-state index contributed by atoms with van der Waals surface area (Å²) in [6, 6.07) is 9.33. The number of hydrogen-bond donors (Lipinski definition) is 1. The number of ketones is 1. The minimum atomic E-state index is -1.32. The zero-order chi connectivity index (χ0) is 22.3. The fraction of sp³-hybridized carbons (Fsp3) is 0.348. The standard InChI is InChI=1S/C23H22N2O7/c1-23(15-4-6-18-20(12-15)32-10-9-31-18)21(27)25(22(28)24-23)13-16(26)14-3-5-17-19(11-14)30-8-2-7-29-17/h3-6,11-12H,2,7-10,13H2,1H3,(H,24,28)/t23-/m1/s1. The molecule has 0 unspecified atom stereocenters. The number of urea groups is 1. The van der Waals surface area contributed by atoms with Crippen LogP contribution in [0.1, 0.15) is 29.3 Å². The normalized spacial score (nSPS) is 21.7. The van der Waals surface area contributed by atoms with Gasteiger partial charge in [-0.25, -0.2) is 4.79 Å². The molecule has 1 N–H and O–H groups in total. The van der Waals surface area contributed by atoms with Gasteiger partial charge in [0.25, 0.3) is 5.91 Å². The van der Waals surface area contributed by atoms with Gasteiger partial charge in [0.1, 0.15) is 18.8 Å². The van der Waals surface area contributed by atoms with Crippen molar-refractivity contribution in [1.29, 1.82) is 0 Å². The Morgan fingerprint density at radius 1 is 0.906 bits per heavy atom. The number of hydrogen-bond acceptors (Lipinski definition) is 7. The van der Waals surface area contributed by atoms with Crippen molar-refractivity contribution >= 4 is 17.7 Å². The molecule has 1 atom stereocenters. The van der Waals surface area contributed by atoms with Gasteiger partial charge in [0.2, 0.25) is 0 Å². The van der Waals surface area contributed by atoms with Crippen molar-refractivity contribution in [2.75, 3.05) is 33.0 Å². The summed E-state index contributed by atoms with van der Waals surface area (Å²) in [5.74, 6) is 1.25. The van der Waals surface area contributed by atoms with Gasteiger partial charge in [-0.15, -0.1) is 0 Å². The highest BCUT2D eigenvalue weighted by molar-refractivity contribution is 6.11. The van der Waals surface area contributed by atoms with E-state index in [4.69, 9.17) is 18.9 Å². The molecule has 0 bridgehead atoms. The highest BCUT2D eigenvalue weighted by atomic mass is 16.6. The number of ether oxygens (including phenoxy) is 4. The van der Waals surface area contributed by atoms with E-state index in [-0.39, 0.29) is 12.3 Å². The van der Waals surface area contributed by atoms with Crippen molar-refractivity contribution in [1.82, 2.24) is 10.2 Å². The van der Waals surface area contributed by atoms with Crippen molar-refractivity contribution in [3.8, 4) is 23.0 Å². The molecule has 0 radical (unpaired) electrons. The van der Waals surface area contributed by atoms with Crippen molar-refractivity contribution in [3.05, 3.63) is 47.5 Å². The molecule has 3 amide bonds. The Bertz CT molecular complexity index is 1120. The summed E-state index contributed by atoms with van der Waals surface area (Å²) in [6.45, 7) is 3.12. The Labute approximate surface area is 184 Å². The lowest BCUT2D eigenvalue weighted by atomic mass is 9.91. The molecular formula is C23H22N2O7. The van der Waals surface area contributed by atoms with Crippen LogP contribution in [0.4, 0.5) is 4.79 Å². The first kappa shape index (κ1) is 20.2. The van der Waals surface area contributed by atoms with Crippen LogP contribution in [0.5, 0.6) is 23.0 Å². The number of Topliss-reactive ketones (excluding diaryl/α,β-unsaturated/α-hetero) is 1. The van der Waals surface area contributed by atoms with Crippen molar-refractivity contribution in [3.63, 3.8) is 0 Å². The van der Waals surface area contributed by atoms with E-state index >= 15 is 0 Å². The van der Waals surface area contributed by atoms with Crippen LogP contribution in [0.25, 0.3) is 0 Å². The molecule has 9 heteroatoms. The molecule has 0 aliphatic carbocycles. The molecule has 3 aliphatic rings. The maximum absolute atomic E-state index is 13.2. The topological polar surface area (TPSA) is 103 Å². The molecule has 0 saturated carbocycles. The summed E-state index contributed by atoms with van der Waals surface area (Å²) in [7, 11) is 0. The fourth-order valence-electron chi connectivity index (χ4n) is 3.96. The summed E-state index contributed by atoms with van der Waals surface area (Å²) in [4.78, 5) is 39.7. The number of carbonyl (C=O) groups is 3. The minimum absolute atomic E-state index is 0.336. The van der Waals surface area contributed by atoms with E-state index in [0.717, 1.165) is 11.3 Å². The third kappa shape index (κ3) is 3.39. The van der Waals surface area contributed by atoms with Crippen LogP contribution in [0, 0.1) is 0 Å². The Balaban J connectivity index is 1.36. The lowest BCUT2D eigenvalue weighted by molar-refractivity contribution is -0.130. The lowest BCUT2D eigenvalue weighted by Gasteiger charge is -2.25. The molecule has 1 fully saturated rings. The first-order valence-corrected chi connectivity index (χ1v) is 10.4. The van der Waals surface area contributed by atoms with Crippen LogP contribution in [-0.2, 0) is 10.3 Å². The summed E-state index contributed by atoms with van der Waals surface area (Å²) < 4.78 is 22.3. The van der Waals surface area contributed by atoms with E-state index in [1.165, 1.54) is 0 Å². The molecule has 1 saturated heterocycles. The van der Waals surface area contributed by atoms with Crippen LogP contribution < -0.4 is 24.3 Å². The van der Waals surface area contributed by atoms with Gasteiger partial charge in [-0.3, -0.25) is 14.5 Å². The number of benzene rings is 2. The predicted octanol–water partition coefficient (Wildman–Crippen LogP) is 2.27. The maximum Gasteiger partial charge on any atom is 0.325 e. The number of rotatable bonds is 4. The second-order valence-corrected chi connectivity index (χ2v) is 7.94. The van der Waals surface area contributed by atoms with Crippen molar-refractivity contribution in [2.45, 2.75) is 18.9 Å². The molecule has 0 aromatic heterocycles. The van der Waals surface area contributed by atoms with Crippen LogP contribution in [0.3, 0.4) is 0 Å². The second kappa shape index (κ2) is 7.74. The summed E-state index contributed by atoms with van der Waals surface area (Å²) in [5, 5.41) is 2.71. The van der Waals surface area contributed by atoms with Crippen LogP contribution >= 0.6 is 0 Å². The molecule has 5 rings (SSSR count). The Hall–Kier alpha value is -3.75. The molecule has 166 valence electrons. The molecule has 2 aromatic carbocycles. The van der Waals surface area contributed by atoms with Crippen molar-refractivity contribution in [2.24, 2.45) is 0 Å². The predicted molar refractivity (Wildman–Crippen MR) is 111 cm³/mol. The number of nitrogens with zero attached hydrogens (tertiary/aromatic N) is 1. The minimum Gasteiger partial charge on any atom is -0.490 e. The van der Waals surface area contributed by atoms with Gasteiger partial charge in [-0.05, 0) is 42.8 Å². The number of carbonyl (C=O) groups excluding carboxylic acids is 3. The van der Waals surface area contributed by atoms with E-state index in [1.54, 1.807) is 43.3 Å². The highest BCUT2D eigenvalue weighted by Gasteiger charge is 2.49. The van der Waals surface area contributed by atoms with E-state index in [1.807, 2.05) is 0 Å². The van der Waals surface area contributed by atoms with E-state index < -0.39 is 17.5 Å². The SMILES string of the molecule is C[C@]1(c2ccc3c(c2)OCCO3)NC(=O)N(CC(=O)c2ccc3c(c2)OCCCO3)C1=O. The zero-order valence-corrected chi connectivity index (χ0v) is 17.5. The molecule has 3 aliphatic heterocycles. The van der Waals surface area contributed by atoms with Gasteiger partial charge in [-0.2, -0.15) is 0 Å². The fourth-order valence-corrected chi connectivity index (χ4v) is 3.96. The van der Waals surface area contributed by atoms with Crippen molar-refractivity contribution < 1.29 is 33.3 Å². The Morgan fingerprint density at radius 2 is 1.53 bits per heavy atom. The molecule has 2 aromatic rings. The van der Waals surface area contributed by atoms with Gasteiger partial charge in [-0.1, -0.05) is 6.07 Å². The van der Waals surface area contributed by atoms with Gasteiger partial charge in [0.15, 0.2) is 28.8 Å². The number of fused-ring (bicyclic) bond motifs is 2. The largest absolute Gasteiger partial charge is 0.490 e. The molecule has 32 heavy (non-hydrogen) atoms. The molecular weight excluding hydrogens is 416 g/mol. The lowest BCUT2D eigenvalue weighted by Crippen LogP contribution is -2.41. The zero-order valence-electron chi connectivity index (χ0n) is 17.5. The summed E-state index contributed by atoms with van der Waals surface area (Å²) in [6.07, 6.45) is 0.749. The molecule has 0 spiro atoms.